The quantitative estimate of drug-likeness (QED) is 0.677. The van der Waals surface area contributed by atoms with E-state index in [-0.39, 0.29) is 5.63 Å². The van der Waals surface area contributed by atoms with Crippen molar-refractivity contribution in [2.75, 3.05) is 0 Å². The third kappa shape index (κ3) is 1.55. The zero-order chi connectivity index (χ0) is 9.97. The van der Waals surface area contributed by atoms with Gasteiger partial charge in [0.2, 0.25) is 0 Å². The Hall–Kier alpha value is -1.57. The predicted molar refractivity (Wildman–Crippen MR) is 56.2 cm³/mol. The first-order valence-electron chi connectivity index (χ1n) is 4.67. The largest absolute Gasteiger partial charge is 0.423 e. The van der Waals surface area contributed by atoms with E-state index in [9.17, 15) is 4.79 Å². The average molecular weight is 187 g/mol. The van der Waals surface area contributed by atoms with Crippen LogP contribution in [0.2, 0.25) is 0 Å². The molecule has 1 heterocycles. The Bertz CT molecular complexity index is 497. The molecule has 0 spiro atoms. The van der Waals surface area contributed by atoms with Crippen LogP contribution in [0.5, 0.6) is 0 Å². The maximum atomic E-state index is 11.2. The van der Waals surface area contributed by atoms with Crippen LogP contribution in [-0.2, 0) is 0 Å². The minimum absolute atomic E-state index is 0.289. The van der Waals surface area contributed by atoms with E-state index in [2.05, 4.69) is 0 Å². The Balaban J connectivity index is 2.73. The van der Waals surface area contributed by atoms with Gasteiger partial charge < -0.3 is 4.42 Å². The number of hydrogen-bond acceptors (Lipinski definition) is 2. The van der Waals surface area contributed by atoms with Gasteiger partial charge in [-0.05, 0) is 24.5 Å². The van der Waals surface area contributed by atoms with Crippen molar-refractivity contribution in [1.82, 2.24) is 0 Å². The molecule has 71 valence electrons. The molecule has 2 rings (SSSR count). The highest BCUT2D eigenvalue weighted by Crippen LogP contribution is 2.18. The molecule has 0 aliphatic rings. The summed E-state index contributed by atoms with van der Waals surface area (Å²) in [4.78, 5) is 11.2. The number of para-hydroxylation sites is 1. The van der Waals surface area contributed by atoms with E-state index < -0.39 is 0 Å². The molecule has 2 heteroatoms. The second kappa shape index (κ2) is 3.66. The molecule has 1 aromatic carbocycles. The fourth-order valence-corrected chi connectivity index (χ4v) is 1.53. The lowest BCUT2D eigenvalue weighted by Gasteiger charge is -2.02. The summed E-state index contributed by atoms with van der Waals surface area (Å²) < 4.78 is 5.07. The van der Waals surface area contributed by atoms with E-state index in [0.717, 1.165) is 17.4 Å². The number of fused-ring (bicyclic) bond motifs is 1. The summed E-state index contributed by atoms with van der Waals surface area (Å²) in [7, 11) is 0. The number of rotatable bonds is 2. The van der Waals surface area contributed by atoms with E-state index in [4.69, 9.17) is 4.42 Å². The Morgan fingerprint density at radius 2 is 2.14 bits per heavy atom. The lowest BCUT2D eigenvalue weighted by atomic mass is 10.1. The maximum Gasteiger partial charge on any atom is 0.336 e. The molecule has 0 fully saturated rings. The van der Waals surface area contributed by atoms with Gasteiger partial charge in [0.05, 0.1) is 0 Å². The van der Waals surface area contributed by atoms with Gasteiger partial charge in [0, 0.05) is 11.5 Å². The first kappa shape index (κ1) is 9.00. The van der Waals surface area contributed by atoms with E-state index in [1.165, 1.54) is 6.07 Å². The summed E-state index contributed by atoms with van der Waals surface area (Å²) in [6.07, 6.45) is 2.94. The van der Waals surface area contributed by atoms with Crippen LogP contribution in [-0.4, -0.2) is 0 Å². The fraction of sp³-hybridized carbons (Fsp3) is 0.167. The van der Waals surface area contributed by atoms with Crippen LogP contribution in [0.3, 0.4) is 0 Å². The topological polar surface area (TPSA) is 30.2 Å². The SMILES string of the molecule is CC[CH]c1cc(=O)oc2ccccc12. The van der Waals surface area contributed by atoms with Gasteiger partial charge in [-0.15, -0.1) is 0 Å². The fourth-order valence-electron chi connectivity index (χ4n) is 1.53. The molecule has 2 nitrogen and oxygen atoms in total. The molecular weight excluding hydrogens is 176 g/mol. The van der Waals surface area contributed by atoms with Gasteiger partial charge in [-0.2, -0.15) is 0 Å². The molecule has 0 saturated carbocycles. The van der Waals surface area contributed by atoms with Crippen LogP contribution < -0.4 is 5.63 Å². The van der Waals surface area contributed by atoms with Crippen molar-refractivity contribution < 1.29 is 4.42 Å². The molecule has 1 radical (unpaired) electrons. The second-order valence-electron chi connectivity index (χ2n) is 3.13. The minimum Gasteiger partial charge on any atom is -0.423 e. The van der Waals surface area contributed by atoms with Crippen LogP contribution >= 0.6 is 0 Å². The molecule has 0 unspecified atom stereocenters. The van der Waals surface area contributed by atoms with Crippen LogP contribution in [0.25, 0.3) is 11.0 Å². The monoisotopic (exact) mass is 187 g/mol. The normalized spacial score (nSPS) is 10.6. The van der Waals surface area contributed by atoms with Crippen LogP contribution in [0, 0.1) is 6.42 Å². The predicted octanol–water partition coefficient (Wildman–Crippen LogP) is 2.76. The van der Waals surface area contributed by atoms with Gasteiger partial charge >= 0.3 is 5.63 Å². The van der Waals surface area contributed by atoms with E-state index >= 15 is 0 Å². The first-order chi connectivity index (χ1) is 6.81. The average Bonchev–Trinajstić information content (AvgIpc) is 2.18. The third-order valence-electron chi connectivity index (χ3n) is 2.11. The Kier molecular flexibility index (Phi) is 2.35. The lowest BCUT2D eigenvalue weighted by Crippen LogP contribution is -1.99. The zero-order valence-electron chi connectivity index (χ0n) is 7.99. The van der Waals surface area contributed by atoms with Gasteiger partial charge in [0.15, 0.2) is 0 Å². The summed E-state index contributed by atoms with van der Waals surface area (Å²) >= 11 is 0. The van der Waals surface area contributed by atoms with Gasteiger partial charge in [-0.25, -0.2) is 4.79 Å². The van der Waals surface area contributed by atoms with Crippen molar-refractivity contribution in [2.45, 2.75) is 13.3 Å². The zero-order valence-corrected chi connectivity index (χ0v) is 7.99. The lowest BCUT2D eigenvalue weighted by molar-refractivity contribution is 0.560. The Morgan fingerprint density at radius 1 is 1.36 bits per heavy atom. The molecular formula is C12H11O2. The summed E-state index contributed by atoms with van der Waals surface area (Å²) in [6, 6.07) is 9.10. The van der Waals surface area contributed by atoms with Crippen molar-refractivity contribution in [3.63, 3.8) is 0 Å². The summed E-state index contributed by atoms with van der Waals surface area (Å²) in [6.45, 7) is 2.05. The van der Waals surface area contributed by atoms with Crippen molar-refractivity contribution in [2.24, 2.45) is 0 Å². The van der Waals surface area contributed by atoms with Crippen molar-refractivity contribution in [1.29, 1.82) is 0 Å². The molecule has 2 aromatic rings. The Labute approximate surface area is 82.2 Å². The van der Waals surface area contributed by atoms with Gasteiger partial charge in [0.1, 0.15) is 5.58 Å². The molecule has 0 atom stereocenters. The van der Waals surface area contributed by atoms with E-state index in [1.54, 1.807) is 0 Å². The van der Waals surface area contributed by atoms with Gasteiger partial charge in [-0.1, -0.05) is 25.1 Å². The van der Waals surface area contributed by atoms with Crippen molar-refractivity contribution in [3.05, 3.63) is 52.7 Å². The number of benzene rings is 1. The smallest absolute Gasteiger partial charge is 0.336 e. The highest BCUT2D eigenvalue weighted by Gasteiger charge is 2.03. The molecule has 0 aliphatic heterocycles. The van der Waals surface area contributed by atoms with Crippen LogP contribution in [0.1, 0.15) is 18.9 Å². The van der Waals surface area contributed by atoms with Gasteiger partial charge in [-0.3, -0.25) is 0 Å². The number of hydrogen-bond donors (Lipinski definition) is 0. The standard InChI is InChI=1S/C12H11O2/c1-2-5-9-8-12(13)14-11-7-4-3-6-10(9)11/h3-8H,2H2,1H3. The summed E-state index contributed by atoms with van der Waals surface area (Å²) in [5.41, 5.74) is 1.32. The molecule has 0 saturated heterocycles. The molecule has 0 amide bonds. The van der Waals surface area contributed by atoms with Crippen molar-refractivity contribution >= 4 is 11.0 Å². The van der Waals surface area contributed by atoms with Gasteiger partial charge in [0.25, 0.3) is 0 Å². The molecule has 1 aromatic heterocycles. The van der Waals surface area contributed by atoms with E-state index in [0.29, 0.717) is 5.58 Å². The summed E-state index contributed by atoms with van der Waals surface area (Å²) in [5.74, 6) is 0. The molecule has 0 N–H and O–H groups in total. The van der Waals surface area contributed by atoms with E-state index in [1.807, 2.05) is 37.6 Å². The molecule has 14 heavy (non-hydrogen) atoms. The second-order valence-corrected chi connectivity index (χ2v) is 3.13. The molecule has 0 bridgehead atoms. The maximum absolute atomic E-state index is 11.2. The van der Waals surface area contributed by atoms with Crippen LogP contribution in [0.15, 0.2) is 39.5 Å². The van der Waals surface area contributed by atoms with Crippen LogP contribution in [0.4, 0.5) is 0 Å². The Morgan fingerprint density at radius 3 is 2.93 bits per heavy atom. The minimum atomic E-state index is -0.289. The van der Waals surface area contributed by atoms with Crippen molar-refractivity contribution in [3.8, 4) is 0 Å². The third-order valence-corrected chi connectivity index (χ3v) is 2.11. The summed E-state index contributed by atoms with van der Waals surface area (Å²) in [5, 5.41) is 0.994. The molecule has 0 aliphatic carbocycles. The highest BCUT2D eigenvalue weighted by atomic mass is 16.4. The highest BCUT2D eigenvalue weighted by molar-refractivity contribution is 5.81. The first-order valence-corrected chi connectivity index (χ1v) is 4.67.